The minimum atomic E-state index is -0.528. The Balaban J connectivity index is 2.56. The Bertz CT molecular complexity index is 140. The molecule has 0 fully saturated rings. The average Bonchev–Trinajstić information content (AvgIpc) is 1.78. The molecule has 0 aromatic carbocycles. The lowest BCUT2D eigenvalue weighted by atomic mass is 10.3. The molecule has 0 aromatic heterocycles. The standard InChI is InChI=1S/C6H11NO2/c1-5-4-8-6(2,3)9-7-5/h4H2,1-3H3. The van der Waals surface area contributed by atoms with Crippen LogP contribution in [0.1, 0.15) is 20.8 Å². The Labute approximate surface area is 54.6 Å². The predicted octanol–water partition coefficient (Wildman–Crippen LogP) is 1.15. The molecule has 1 rings (SSSR count). The van der Waals surface area contributed by atoms with Crippen molar-refractivity contribution in [2.24, 2.45) is 5.16 Å². The highest BCUT2D eigenvalue weighted by atomic mass is 16.8. The first-order valence-corrected chi connectivity index (χ1v) is 2.96. The quantitative estimate of drug-likeness (QED) is 0.491. The molecule has 0 atom stereocenters. The topological polar surface area (TPSA) is 30.8 Å². The van der Waals surface area contributed by atoms with Crippen LogP contribution in [0, 0.1) is 0 Å². The Morgan fingerprint density at radius 1 is 1.56 bits per heavy atom. The van der Waals surface area contributed by atoms with Gasteiger partial charge in [-0.05, 0) is 6.92 Å². The van der Waals surface area contributed by atoms with Crippen molar-refractivity contribution in [2.45, 2.75) is 26.6 Å². The normalized spacial score (nSPS) is 24.6. The van der Waals surface area contributed by atoms with Crippen molar-refractivity contribution in [2.75, 3.05) is 6.61 Å². The molecule has 0 bridgehead atoms. The van der Waals surface area contributed by atoms with E-state index in [1.54, 1.807) is 0 Å². The van der Waals surface area contributed by atoms with E-state index in [1.165, 1.54) is 0 Å². The highest BCUT2D eigenvalue weighted by molar-refractivity contribution is 5.82. The van der Waals surface area contributed by atoms with Gasteiger partial charge in [0.1, 0.15) is 0 Å². The smallest absolute Gasteiger partial charge is 0.231 e. The monoisotopic (exact) mass is 129 g/mol. The number of ether oxygens (including phenoxy) is 1. The van der Waals surface area contributed by atoms with Crippen molar-refractivity contribution in [3.63, 3.8) is 0 Å². The first-order chi connectivity index (χ1) is 4.10. The lowest BCUT2D eigenvalue weighted by molar-refractivity contribution is -0.217. The molecule has 1 aliphatic heterocycles. The van der Waals surface area contributed by atoms with Crippen molar-refractivity contribution in [3.8, 4) is 0 Å². The summed E-state index contributed by atoms with van der Waals surface area (Å²) in [5, 5.41) is 3.77. The van der Waals surface area contributed by atoms with Crippen LogP contribution >= 0.6 is 0 Å². The maximum atomic E-state index is 5.22. The van der Waals surface area contributed by atoms with E-state index in [0.29, 0.717) is 6.61 Å². The minimum Gasteiger partial charge on any atom is -0.361 e. The lowest BCUT2D eigenvalue weighted by Gasteiger charge is -2.26. The number of hydrogen-bond acceptors (Lipinski definition) is 3. The van der Waals surface area contributed by atoms with Gasteiger partial charge in [-0.15, -0.1) is 0 Å². The molecule has 9 heavy (non-hydrogen) atoms. The Kier molecular flexibility index (Phi) is 1.45. The Hall–Kier alpha value is -0.570. The summed E-state index contributed by atoms with van der Waals surface area (Å²) in [4.78, 5) is 4.94. The summed E-state index contributed by atoms with van der Waals surface area (Å²) in [5.74, 6) is -0.528. The van der Waals surface area contributed by atoms with E-state index in [9.17, 15) is 0 Å². The summed E-state index contributed by atoms with van der Waals surface area (Å²) >= 11 is 0. The third-order valence-electron chi connectivity index (χ3n) is 1.05. The van der Waals surface area contributed by atoms with Gasteiger partial charge in [0.25, 0.3) is 0 Å². The molecule has 0 radical (unpaired) electrons. The molecule has 1 aliphatic rings. The number of hydrogen-bond donors (Lipinski definition) is 0. The first kappa shape index (κ1) is 6.55. The second-order valence-electron chi connectivity index (χ2n) is 2.61. The largest absolute Gasteiger partial charge is 0.361 e. The molecule has 0 saturated carbocycles. The summed E-state index contributed by atoms with van der Waals surface area (Å²) in [7, 11) is 0. The van der Waals surface area contributed by atoms with E-state index in [-0.39, 0.29) is 0 Å². The van der Waals surface area contributed by atoms with E-state index in [0.717, 1.165) is 5.71 Å². The molecule has 0 N–H and O–H groups in total. The second kappa shape index (κ2) is 1.99. The molecule has 0 aromatic rings. The fraction of sp³-hybridized carbons (Fsp3) is 0.833. The van der Waals surface area contributed by atoms with Gasteiger partial charge in [0.15, 0.2) is 0 Å². The second-order valence-corrected chi connectivity index (χ2v) is 2.61. The third-order valence-corrected chi connectivity index (χ3v) is 1.05. The first-order valence-electron chi connectivity index (χ1n) is 2.96. The maximum Gasteiger partial charge on any atom is 0.231 e. The molecule has 0 amide bonds. The number of oxime groups is 1. The average molecular weight is 129 g/mol. The zero-order valence-corrected chi connectivity index (χ0v) is 5.97. The van der Waals surface area contributed by atoms with Crippen molar-refractivity contribution in [1.29, 1.82) is 0 Å². The van der Waals surface area contributed by atoms with Gasteiger partial charge in [-0.3, -0.25) is 0 Å². The SMILES string of the molecule is CC1=NOC(C)(C)OC1. The predicted molar refractivity (Wildman–Crippen MR) is 34.2 cm³/mol. The summed E-state index contributed by atoms with van der Waals surface area (Å²) in [6, 6.07) is 0. The van der Waals surface area contributed by atoms with Gasteiger partial charge < -0.3 is 9.57 Å². The lowest BCUT2D eigenvalue weighted by Crippen LogP contribution is -2.32. The van der Waals surface area contributed by atoms with Crippen LogP contribution in [0.4, 0.5) is 0 Å². The maximum absolute atomic E-state index is 5.22. The molecule has 3 heteroatoms. The van der Waals surface area contributed by atoms with Crippen LogP contribution in [0.5, 0.6) is 0 Å². The molecular formula is C6H11NO2. The van der Waals surface area contributed by atoms with Gasteiger partial charge in [0.2, 0.25) is 5.79 Å². The van der Waals surface area contributed by atoms with Gasteiger partial charge in [-0.2, -0.15) is 0 Å². The van der Waals surface area contributed by atoms with Crippen LogP contribution in [0.2, 0.25) is 0 Å². The van der Waals surface area contributed by atoms with Gasteiger partial charge in [-0.25, -0.2) is 0 Å². The highest BCUT2D eigenvalue weighted by Crippen LogP contribution is 2.15. The van der Waals surface area contributed by atoms with Crippen molar-refractivity contribution in [3.05, 3.63) is 0 Å². The fourth-order valence-corrected chi connectivity index (χ4v) is 0.519. The molecule has 0 unspecified atom stereocenters. The van der Waals surface area contributed by atoms with Crippen molar-refractivity contribution >= 4 is 5.71 Å². The minimum absolute atomic E-state index is 0.528. The van der Waals surface area contributed by atoms with Gasteiger partial charge in [0.05, 0.1) is 12.3 Å². The van der Waals surface area contributed by atoms with Crippen LogP contribution < -0.4 is 0 Å². The van der Waals surface area contributed by atoms with E-state index >= 15 is 0 Å². The molecule has 0 aliphatic carbocycles. The van der Waals surface area contributed by atoms with E-state index < -0.39 is 5.79 Å². The van der Waals surface area contributed by atoms with Crippen LogP contribution in [-0.4, -0.2) is 18.1 Å². The summed E-state index contributed by atoms with van der Waals surface area (Å²) < 4.78 is 5.22. The molecule has 1 heterocycles. The molecule has 0 saturated heterocycles. The Morgan fingerprint density at radius 3 is 2.56 bits per heavy atom. The van der Waals surface area contributed by atoms with Gasteiger partial charge >= 0.3 is 0 Å². The van der Waals surface area contributed by atoms with Crippen LogP contribution in [0.3, 0.4) is 0 Å². The van der Waals surface area contributed by atoms with E-state index in [2.05, 4.69) is 5.16 Å². The molecule has 52 valence electrons. The summed E-state index contributed by atoms with van der Waals surface area (Å²) in [6.45, 7) is 6.12. The number of rotatable bonds is 0. The molecular weight excluding hydrogens is 118 g/mol. The number of nitrogens with zero attached hydrogens (tertiary/aromatic N) is 1. The molecule has 0 spiro atoms. The van der Waals surface area contributed by atoms with Crippen molar-refractivity contribution < 1.29 is 9.57 Å². The van der Waals surface area contributed by atoms with E-state index in [1.807, 2.05) is 20.8 Å². The highest BCUT2D eigenvalue weighted by Gasteiger charge is 2.23. The molecule has 3 nitrogen and oxygen atoms in total. The summed E-state index contributed by atoms with van der Waals surface area (Å²) in [6.07, 6.45) is 0. The van der Waals surface area contributed by atoms with Gasteiger partial charge in [0, 0.05) is 13.8 Å². The van der Waals surface area contributed by atoms with Crippen LogP contribution in [-0.2, 0) is 9.57 Å². The zero-order chi connectivity index (χ0) is 6.91. The van der Waals surface area contributed by atoms with Crippen LogP contribution in [0.25, 0.3) is 0 Å². The van der Waals surface area contributed by atoms with Crippen LogP contribution in [0.15, 0.2) is 5.16 Å². The third kappa shape index (κ3) is 1.68. The summed E-state index contributed by atoms with van der Waals surface area (Å²) in [5.41, 5.74) is 0.884. The van der Waals surface area contributed by atoms with E-state index in [4.69, 9.17) is 9.57 Å². The van der Waals surface area contributed by atoms with Gasteiger partial charge in [-0.1, -0.05) is 5.16 Å². The Morgan fingerprint density at radius 2 is 2.22 bits per heavy atom. The fourth-order valence-electron chi connectivity index (χ4n) is 0.519. The zero-order valence-electron chi connectivity index (χ0n) is 5.97. The van der Waals surface area contributed by atoms with Crippen molar-refractivity contribution in [1.82, 2.24) is 0 Å².